The second-order valence-electron chi connectivity index (χ2n) is 6.76. The fourth-order valence-corrected chi connectivity index (χ4v) is 3.19. The minimum Gasteiger partial charge on any atom is -0.441 e. The molecule has 1 fully saturated rings. The molecule has 1 aliphatic rings. The van der Waals surface area contributed by atoms with E-state index in [0.717, 1.165) is 12.1 Å². The number of hydrogen-bond donors (Lipinski definition) is 1. The van der Waals surface area contributed by atoms with Crippen molar-refractivity contribution < 1.29 is 22.7 Å². The SMILES string of the molecule is O=C(CCc1ncc(-c2ccc(F)cc2F)o1)Nc1cccnc1N1CCOCC1. The standard InChI is InChI=1S/C21H20F2N4O3/c22-14-3-4-15(16(23)12-14)18-13-25-20(30-18)6-5-19(28)26-17-2-1-7-24-21(17)27-8-10-29-11-9-27/h1-4,7,12-13H,5-6,8-11H2,(H,26,28). The van der Waals surface area contributed by atoms with Crippen LogP contribution in [0.15, 0.2) is 47.1 Å². The van der Waals surface area contributed by atoms with Crippen LogP contribution in [-0.4, -0.2) is 42.2 Å². The van der Waals surface area contributed by atoms with Crippen molar-refractivity contribution in [3.05, 3.63) is 60.3 Å². The maximum Gasteiger partial charge on any atom is 0.224 e. The summed E-state index contributed by atoms with van der Waals surface area (Å²) in [6, 6.07) is 6.78. The predicted molar refractivity (Wildman–Crippen MR) is 106 cm³/mol. The number of carbonyl (C=O) groups is 1. The Labute approximate surface area is 171 Å². The normalized spacial score (nSPS) is 14.0. The van der Waals surface area contributed by atoms with Crippen molar-refractivity contribution in [3.63, 3.8) is 0 Å². The summed E-state index contributed by atoms with van der Waals surface area (Å²) in [6.07, 6.45) is 3.41. The van der Waals surface area contributed by atoms with Crippen LogP contribution in [0.2, 0.25) is 0 Å². The highest BCUT2D eigenvalue weighted by atomic mass is 19.1. The maximum absolute atomic E-state index is 13.9. The number of benzene rings is 1. The molecule has 1 aromatic carbocycles. The number of nitrogens with one attached hydrogen (secondary N) is 1. The molecule has 3 heterocycles. The van der Waals surface area contributed by atoms with E-state index in [0.29, 0.717) is 43.7 Å². The van der Waals surface area contributed by atoms with E-state index in [4.69, 9.17) is 9.15 Å². The Morgan fingerprint density at radius 1 is 1.17 bits per heavy atom. The molecule has 30 heavy (non-hydrogen) atoms. The van der Waals surface area contributed by atoms with E-state index in [1.165, 1.54) is 12.3 Å². The van der Waals surface area contributed by atoms with E-state index in [1.807, 2.05) is 0 Å². The van der Waals surface area contributed by atoms with Crippen molar-refractivity contribution in [1.29, 1.82) is 0 Å². The summed E-state index contributed by atoms with van der Waals surface area (Å²) in [6.45, 7) is 2.65. The van der Waals surface area contributed by atoms with Gasteiger partial charge >= 0.3 is 0 Å². The van der Waals surface area contributed by atoms with Gasteiger partial charge in [-0.3, -0.25) is 4.79 Å². The van der Waals surface area contributed by atoms with Gasteiger partial charge in [-0.05, 0) is 24.3 Å². The lowest BCUT2D eigenvalue weighted by atomic mass is 10.2. The lowest BCUT2D eigenvalue weighted by molar-refractivity contribution is -0.116. The van der Waals surface area contributed by atoms with Gasteiger partial charge in [0.25, 0.3) is 0 Å². The molecule has 3 aromatic rings. The average molecular weight is 414 g/mol. The lowest BCUT2D eigenvalue weighted by Crippen LogP contribution is -2.37. The van der Waals surface area contributed by atoms with Crippen molar-refractivity contribution in [2.45, 2.75) is 12.8 Å². The number of carbonyl (C=O) groups excluding carboxylic acids is 1. The molecule has 0 radical (unpaired) electrons. The molecular weight excluding hydrogens is 394 g/mol. The number of rotatable bonds is 6. The Morgan fingerprint density at radius 3 is 2.80 bits per heavy atom. The Kier molecular flexibility index (Phi) is 5.99. The number of amides is 1. The highest BCUT2D eigenvalue weighted by molar-refractivity contribution is 5.93. The van der Waals surface area contributed by atoms with Crippen LogP contribution in [0.5, 0.6) is 0 Å². The first-order chi connectivity index (χ1) is 14.6. The van der Waals surface area contributed by atoms with Gasteiger partial charge in [0, 0.05) is 38.2 Å². The number of aromatic nitrogens is 2. The topological polar surface area (TPSA) is 80.5 Å². The van der Waals surface area contributed by atoms with E-state index >= 15 is 0 Å². The number of pyridine rings is 1. The third kappa shape index (κ3) is 4.62. The summed E-state index contributed by atoms with van der Waals surface area (Å²) in [5.74, 6) is -0.431. The van der Waals surface area contributed by atoms with Gasteiger partial charge in [0.15, 0.2) is 17.5 Å². The quantitative estimate of drug-likeness (QED) is 0.666. The molecule has 0 aliphatic carbocycles. The molecule has 0 bridgehead atoms. The number of ether oxygens (including phenoxy) is 1. The molecule has 1 aliphatic heterocycles. The first kappa shape index (κ1) is 20.0. The smallest absolute Gasteiger partial charge is 0.224 e. The number of anilines is 2. The Balaban J connectivity index is 1.37. The van der Waals surface area contributed by atoms with E-state index in [-0.39, 0.29) is 30.1 Å². The van der Waals surface area contributed by atoms with Crippen LogP contribution >= 0.6 is 0 Å². The van der Waals surface area contributed by atoms with Crippen LogP contribution in [0, 0.1) is 11.6 Å². The molecule has 7 nitrogen and oxygen atoms in total. The molecule has 9 heteroatoms. The molecular formula is C21H20F2N4O3. The van der Waals surface area contributed by atoms with E-state index in [9.17, 15) is 13.6 Å². The molecule has 0 unspecified atom stereocenters. The zero-order chi connectivity index (χ0) is 20.9. The number of oxazole rings is 1. The number of hydrogen-bond acceptors (Lipinski definition) is 6. The minimum absolute atomic E-state index is 0.116. The highest BCUT2D eigenvalue weighted by Crippen LogP contribution is 2.26. The minimum atomic E-state index is -0.734. The molecule has 0 atom stereocenters. The van der Waals surface area contributed by atoms with Gasteiger partial charge < -0.3 is 19.4 Å². The van der Waals surface area contributed by atoms with Gasteiger partial charge in [-0.25, -0.2) is 18.7 Å². The zero-order valence-electron chi connectivity index (χ0n) is 16.1. The van der Waals surface area contributed by atoms with Crippen LogP contribution in [0.3, 0.4) is 0 Å². The van der Waals surface area contributed by atoms with Crippen LogP contribution in [0.25, 0.3) is 11.3 Å². The summed E-state index contributed by atoms with van der Waals surface area (Å²) >= 11 is 0. The van der Waals surface area contributed by atoms with Gasteiger partial charge in [0.05, 0.1) is 30.7 Å². The van der Waals surface area contributed by atoms with Crippen LogP contribution < -0.4 is 10.2 Å². The molecule has 156 valence electrons. The molecule has 0 spiro atoms. The predicted octanol–water partition coefficient (Wildman–Crippen LogP) is 3.42. The Bertz CT molecular complexity index is 1030. The van der Waals surface area contributed by atoms with Crippen LogP contribution in [0.1, 0.15) is 12.3 Å². The largest absolute Gasteiger partial charge is 0.441 e. The summed E-state index contributed by atoms with van der Waals surface area (Å²) in [4.78, 5) is 23.0. The van der Waals surface area contributed by atoms with Crippen molar-refractivity contribution in [2.24, 2.45) is 0 Å². The molecule has 1 amide bonds. The second-order valence-corrected chi connectivity index (χ2v) is 6.76. The molecule has 1 saturated heterocycles. The number of morpholine rings is 1. The molecule has 4 rings (SSSR count). The van der Waals surface area contributed by atoms with Gasteiger partial charge in [-0.2, -0.15) is 0 Å². The molecule has 2 aromatic heterocycles. The van der Waals surface area contributed by atoms with E-state index in [2.05, 4.69) is 20.2 Å². The first-order valence-electron chi connectivity index (χ1n) is 9.58. The third-order valence-electron chi connectivity index (χ3n) is 4.69. The van der Waals surface area contributed by atoms with E-state index < -0.39 is 11.6 Å². The number of aryl methyl sites for hydroxylation is 1. The van der Waals surface area contributed by atoms with Crippen LogP contribution in [0.4, 0.5) is 20.3 Å². The van der Waals surface area contributed by atoms with Crippen molar-refractivity contribution in [1.82, 2.24) is 9.97 Å². The van der Waals surface area contributed by atoms with Crippen molar-refractivity contribution in [2.75, 3.05) is 36.5 Å². The van der Waals surface area contributed by atoms with Gasteiger partial charge in [0.1, 0.15) is 11.6 Å². The van der Waals surface area contributed by atoms with E-state index in [1.54, 1.807) is 18.3 Å². The number of nitrogens with zero attached hydrogens (tertiary/aromatic N) is 3. The summed E-state index contributed by atoms with van der Waals surface area (Å²) < 4.78 is 37.8. The monoisotopic (exact) mass is 414 g/mol. The average Bonchev–Trinajstić information content (AvgIpc) is 3.22. The lowest BCUT2D eigenvalue weighted by Gasteiger charge is -2.29. The van der Waals surface area contributed by atoms with Gasteiger partial charge in [0.2, 0.25) is 5.91 Å². The third-order valence-corrected chi connectivity index (χ3v) is 4.69. The second kappa shape index (κ2) is 9.00. The highest BCUT2D eigenvalue weighted by Gasteiger charge is 2.18. The fraction of sp³-hybridized carbons (Fsp3) is 0.286. The summed E-state index contributed by atoms with van der Waals surface area (Å²) in [5.41, 5.74) is 0.746. The van der Waals surface area contributed by atoms with Crippen LogP contribution in [-0.2, 0) is 16.0 Å². The molecule has 1 N–H and O–H groups in total. The van der Waals surface area contributed by atoms with Crippen molar-refractivity contribution >= 4 is 17.4 Å². The van der Waals surface area contributed by atoms with Crippen molar-refractivity contribution in [3.8, 4) is 11.3 Å². The Morgan fingerprint density at radius 2 is 2.00 bits per heavy atom. The summed E-state index contributed by atoms with van der Waals surface area (Å²) in [7, 11) is 0. The number of halogens is 2. The summed E-state index contributed by atoms with van der Waals surface area (Å²) in [5, 5.41) is 2.88. The molecule has 0 saturated carbocycles. The first-order valence-corrected chi connectivity index (χ1v) is 9.58. The van der Waals surface area contributed by atoms with Gasteiger partial charge in [-0.1, -0.05) is 0 Å². The van der Waals surface area contributed by atoms with Gasteiger partial charge in [-0.15, -0.1) is 0 Å². The maximum atomic E-state index is 13.9. The zero-order valence-corrected chi connectivity index (χ0v) is 16.1. The fourth-order valence-electron chi connectivity index (χ4n) is 3.19. The Hall–Kier alpha value is -3.33.